The third-order valence-corrected chi connectivity index (χ3v) is 4.30. The Morgan fingerprint density at radius 2 is 1.55 bits per heavy atom. The van der Waals surface area contributed by atoms with Crippen LogP contribution in [0.25, 0.3) is 0 Å². The average molecular weight is 438 g/mol. The first-order valence-electron chi connectivity index (χ1n) is 9.60. The number of benzene rings is 1. The molecule has 1 rings (SSSR count). The number of aliphatic carboxylic acids is 2. The Morgan fingerprint density at radius 1 is 0.968 bits per heavy atom. The van der Waals surface area contributed by atoms with Gasteiger partial charge in [0.2, 0.25) is 5.91 Å². The van der Waals surface area contributed by atoms with Crippen molar-refractivity contribution in [1.29, 1.82) is 0 Å². The molecule has 0 heterocycles. The zero-order valence-corrected chi connectivity index (χ0v) is 17.2. The normalized spacial score (nSPS) is 12.7. The summed E-state index contributed by atoms with van der Waals surface area (Å²) in [6.07, 6.45) is -1.66. The number of carboxylic acids is 2. The lowest BCUT2D eigenvalue weighted by atomic mass is 9.75. The molecule has 0 aliphatic heterocycles. The summed E-state index contributed by atoms with van der Waals surface area (Å²) in [4.78, 5) is 47.3. The fourth-order valence-corrected chi connectivity index (χ4v) is 2.73. The van der Waals surface area contributed by atoms with E-state index in [1.165, 1.54) is 0 Å². The minimum Gasteiger partial charge on any atom is -0.481 e. The van der Waals surface area contributed by atoms with Crippen molar-refractivity contribution in [3.05, 3.63) is 35.9 Å². The lowest BCUT2D eigenvalue weighted by Gasteiger charge is -2.24. The Hall–Kier alpha value is -3.12. The molecule has 11 nitrogen and oxygen atoms in total. The predicted molar refractivity (Wildman–Crippen MR) is 109 cm³/mol. The highest BCUT2D eigenvalue weighted by Gasteiger charge is 2.36. The molecule has 0 spiro atoms. The third kappa shape index (κ3) is 9.49. The Morgan fingerprint density at radius 3 is 2.03 bits per heavy atom. The summed E-state index contributed by atoms with van der Waals surface area (Å²) in [5, 5.41) is 41.7. The Bertz CT molecular complexity index is 744. The quantitative estimate of drug-likeness (QED) is 0.193. The van der Waals surface area contributed by atoms with Crippen LogP contribution in [0.2, 0.25) is 0 Å². The molecule has 0 fully saturated rings. The predicted octanol–water partition coefficient (Wildman–Crippen LogP) is -0.000200. The SMILES string of the molecule is CC(C)C[C@H](NC(=O)[C@H](CC(C(=O)O)C(=O)O)NC(=O)OCc1ccccc1)B(O)O. The highest BCUT2D eigenvalue weighted by Crippen LogP contribution is 2.12. The van der Waals surface area contributed by atoms with Crippen molar-refractivity contribution in [2.75, 3.05) is 0 Å². The number of hydrogen-bond acceptors (Lipinski definition) is 7. The maximum atomic E-state index is 12.6. The number of alkyl carbamates (subject to hydrolysis) is 1. The topological polar surface area (TPSA) is 182 Å². The molecule has 0 radical (unpaired) electrons. The third-order valence-electron chi connectivity index (χ3n) is 4.30. The number of hydrogen-bond donors (Lipinski definition) is 6. The Kier molecular flexibility index (Phi) is 10.5. The number of nitrogens with one attached hydrogen (secondary N) is 2. The van der Waals surface area contributed by atoms with Crippen molar-refractivity contribution >= 4 is 31.1 Å². The van der Waals surface area contributed by atoms with Gasteiger partial charge in [-0.2, -0.15) is 0 Å². The number of ether oxygens (including phenoxy) is 1. The smallest absolute Gasteiger partial charge is 0.475 e. The van der Waals surface area contributed by atoms with Crippen molar-refractivity contribution in [1.82, 2.24) is 10.6 Å². The second-order valence-electron chi connectivity index (χ2n) is 7.38. The zero-order chi connectivity index (χ0) is 23.6. The van der Waals surface area contributed by atoms with E-state index in [0.29, 0.717) is 5.56 Å². The van der Waals surface area contributed by atoms with Crippen LogP contribution >= 0.6 is 0 Å². The highest BCUT2D eigenvalue weighted by atomic mass is 16.5. The summed E-state index contributed by atoms with van der Waals surface area (Å²) in [5.74, 6) is -7.46. The summed E-state index contributed by atoms with van der Waals surface area (Å²) in [7, 11) is -1.91. The fraction of sp³-hybridized carbons (Fsp3) is 0.474. The van der Waals surface area contributed by atoms with E-state index in [-0.39, 0.29) is 18.9 Å². The second kappa shape index (κ2) is 12.6. The molecule has 6 N–H and O–H groups in total. The molecule has 2 amide bonds. The zero-order valence-electron chi connectivity index (χ0n) is 17.2. The van der Waals surface area contributed by atoms with Crippen LogP contribution in [0.15, 0.2) is 30.3 Å². The highest BCUT2D eigenvalue weighted by molar-refractivity contribution is 6.43. The number of carboxylic acid groups (broad SMARTS) is 2. The molecule has 0 aliphatic rings. The average Bonchev–Trinajstić information content (AvgIpc) is 2.68. The van der Waals surface area contributed by atoms with Crippen LogP contribution in [-0.2, 0) is 25.7 Å². The number of carbonyl (C=O) groups excluding carboxylic acids is 2. The van der Waals surface area contributed by atoms with Gasteiger partial charge in [0.25, 0.3) is 0 Å². The molecule has 0 saturated carbocycles. The van der Waals surface area contributed by atoms with Crippen molar-refractivity contribution in [2.45, 2.75) is 45.3 Å². The van der Waals surface area contributed by atoms with Gasteiger partial charge in [0, 0.05) is 6.42 Å². The van der Waals surface area contributed by atoms with E-state index in [2.05, 4.69) is 10.6 Å². The molecule has 0 unspecified atom stereocenters. The summed E-state index contributed by atoms with van der Waals surface area (Å²) in [6.45, 7) is 3.43. The van der Waals surface area contributed by atoms with Crippen LogP contribution < -0.4 is 10.6 Å². The number of rotatable bonds is 12. The van der Waals surface area contributed by atoms with E-state index in [0.717, 1.165) is 0 Å². The largest absolute Gasteiger partial charge is 0.481 e. The fourth-order valence-electron chi connectivity index (χ4n) is 2.73. The van der Waals surface area contributed by atoms with E-state index in [4.69, 9.17) is 14.9 Å². The standard InChI is InChI=1S/C19H27BN2O9/c1-11(2)8-15(20(29)30)22-16(23)14(9-13(17(24)25)18(26)27)21-19(28)31-10-12-6-4-3-5-7-12/h3-7,11,13-15,29-30H,8-10H2,1-2H3,(H,21,28)(H,22,23)(H,24,25)(H,26,27)/t14-,15-/m0/s1. The van der Waals surface area contributed by atoms with Gasteiger partial charge in [-0.15, -0.1) is 0 Å². The van der Waals surface area contributed by atoms with Gasteiger partial charge < -0.3 is 35.6 Å². The number of carbonyl (C=O) groups is 4. The van der Waals surface area contributed by atoms with Crippen LogP contribution in [0.4, 0.5) is 4.79 Å². The van der Waals surface area contributed by atoms with E-state index in [1.807, 2.05) is 0 Å². The monoisotopic (exact) mass is 438 g/mol. The summed E-state index contributed by atoms with van der Waals surface area (Å²) in [6, 6.07) is 7.01. The van der Waals surface area contributed by atoms with Crippen LogP contribution in [-0.4, -0.2) is 63.3 Å². The Labute approximate surface area is 179 Å². The molecule has 0 bridgehead atoms. The van der Waals surface area contributed by atoms with Crippen molar-refractivity contribution in [3.63, 3.8) is 0 Å². The maximum absolute atomic E-state index is 12.6. The van der Waals surface area contributed by atoms with E-state index in [9.17, 15) is 29.2 Å². The van der Waals surface area contributed by atoms with Crippen LogP contribution in [0, 0.1) is 11.8 Å². The first kappa shape index (κ1) is 25.9. The van der Waals surface area contributed by atoms with Gasteiger partial charge in [-0.3, -0.25) is 14.4 Å². The molecule has 12 heteroatoms. The summed E-state index contributed by atoms with van der Waals surface area (Å²) in [5.41, 5.74) is 0.660. The van der Waals surface area contributed by atoms with Crippen molar-refractivity contribution in [3.8, 4) is 0 Å². The summed E-state index contributed by atoms with van der Waals surface area (Å²) >= 11 is 0. The van der Waals surface area contributed by atoms with Crippen LogP contribution in [0.3, 0.4) is 0 Å². The lowest BCUT2D eigenvalue weighted by molar-refractivity contribution is -0.155. The lowest BCUT2D eigenvalue weighted by Crippen LogP contribution is -2.55. The number of amides is 2. The molecular weight excluding hydrogens is 411 g/mol. The van der Waals surface area contributed by atoms with Gasteiger partial charge in [0.15, 0.2) is 5.92 Å². The minimum absolute atomic E-state index is 0.0277. The van der Waals surface area contributed by atoms with E-state index in [1.54, 1.807) is 44.2 Å². The minimum atomic E-state index is -1.98. The van der Waals surface area contributed by atoms with Gasteiger partial charge in [-0.25, -0.2) is 4.79 Å². The molecule has 2 atom stereocenters. The molecule has 1 aromatic rings. The van der Waals surface area contributed by atoms with Gasteiger partial charge in [0.1, 0.15) is 12.6 Å². The van der Waals surface area contributed by atoms with E-state index >= 15 is 0 Å². The van der Waals surface area contributed by atoms with Gasteiger partial charge in [-0.05, 0) is 17.9 Å². The molecular formula is C19H27BN2O9. The van der Waals surface area contributed by atoms with Gasteiger partial charge in [-0.1, -0.05) is 44.2 Å². The molecule has 31 heavy (non-hydrogen) atoms. The second-order valence-corrected chi connectivity index (χ2v) is 7.38. The van der Waals surface area contributed by atoms with Crippen molar-refractivity contribution in [2.24, 2.45) is 11.8 Å². The van der Waals surface area contributed by atoms with Crippen molar-refractivity contribution < 1.29 is 44.2 Å². The molecule has 0 aliphatic carbocycles. The van der Waals surface area contributed by atoms with Crippen LogP contribution in [0.1, 0.15) is 32.3 Å². The molecule has 170 valence electrons. The Balaban J connectivity index is 2.92. The first-order chi connectivity index (χ1) is 14.5. The first-order valence-corrected chi connectivity index (χ1v) is 9.60. The van der Waals surface area contributed by atoms with Gasteiger partial charge >= 0.3 is 25.2 Å². The summed E-state index contributed by atoms with van der Waals surface area (Å²) < 4.78 is 5.00. The molecule has 1 aromatic carbocycles. The molecule has 0 aromatic heterocycles. The van der Waals surface area contributed by atoms with Gasteiger partial charge in [0.05, 0.1) is 5.94 Å². The molecule has 0 saturated heterocycles. The van der Waals surface area contributed by atoms with Crippen LogP contribution in [0.5, 0.6) is 0 Å². The maximum Gasteiger partial charge on any atom is 0.475 e. The van der Waals surface area contributed by atoms with E-state index < -0.39 is 55.4 Å².